The maximum Gasteiger partial charge on any atom is 0.230 e. The largest absolute Gasteiger partial charge is 0.393 e. The zero-order valence-corrected chi connectivity index (χ0v) is 13.3. The van der Waals surface area contributed by atoms with E-state index in [0.717, 1.165) is 29.3 Å². The van der Waals surface area contributed by atoms with Gasteiger partial charge in [0.25, 0.3) is 0 Å². The molecule has 5 heteroatoms. The number of thioether (sulfide) groups is 1. The fourth-order valence-corrected chi connectivity index (χ4v) is 3.33. The van der Waals surface area contributed by atoms with E-state index >= 15 is 0 Å². The van der Waals surface area contributed by atoms with Crippen LogP contribution in [0, 0.1) is 5.92 Å². The Hall–Kier alpha value is -1.59. The summed E-state index contributed by atoms with van der Waals surface area (Å²) in [5.74, 6) is 0.767. The third-order valence-corrected chi connectivity index (χ3v) is 4.73. The molecular weight excluding hydrogens is 296 g/mol. The molecule has 1 aliphatic carbocycles. The highest BCUT2D eigenvalue weighted by atomic mass is 32.2. The topological polar surface area (TPSA) is 62.2 Å². The van der Waals surface area contributed by atoms with Gasteiger partial charge in [-0.15, -0.1) is 0 Å². The van der Waals surface area contributed by atoms with E-state index in [0.29, 0.717) is 5.75 Å². The zero-order valence-electron chi connectivity index (χ0n) is 12.5. The molecule has 1 amide bonds. The van der Waals surface area contributed by atoms with Crippen molar-refractivity contribution in [3.05, 3.63) is 42.1 Å². The molecule has 2 N–H and O–H groups in total. The summed E-state index contributed by atoms with van der Waals surface area (Å²) >= 11 is 1.51. The van der Waals surface area contributed by atoms with Crippen LogP contribution in [0.3, 0.4) is 0 Å². The molecular formula is C17H20N2O2S. The summed E-state index contributed by atoms with van der Waals surface area (Å²) in [5.41, 5.74) is 1.97. The fraction of sp³-hybridized carbons (Fsp3) is 0.412. The second kappa shape index (κ2) is 6.67. The fourth-order valence-electron chi connectivity index (χ4n) is 2.98. The maximum absolute atomic E-state index is 12.0. The van der Waals surface area contributed by atoms with Crippen LogP contribution >= 0.6 is 11.8 Å². The summed E-state index contributed by atoms with van der Waals surface area (Å²) in [6, 6.07) is 9.99. The lowest BCUT2D eigenvalue weighted by atomic mass is 9.75. The van der Waals surface area contributed by atoms with Gasteiger partial charge in [0.2, 0.25) is 5.91 Å². The van der Waals surface area contributed by atoms with Crippen molar-refractivity contribution in [1.29, 1.82) is 0 Å². The van der Waals surface area contributed by atoms with E-state index in [1.807, 2.05) is 36.7 Å². The zero-order chi connectivity index (χ0) is 15.5. The summed E-state index contributed by atoms with van der Waals surface area (Å²) < 4.78 is 0. The number of amides is 1. The minimum atomic E-state index is -0.238. The summed E-state index contributed by atoms with van der Waals surface area (Å²) in [6.45, 7) is 0. The standard InChI is InChI=1S/C17H20N2O2S/c1-22-10-16(21)19-17(12-7-14(20)8-12)13-6-11-4-2-3-5-15(11)18-9-13/h2-6,9,12,14,17,20H,7-8,10H2,1H3,(H,19,21)/t12?,14?,17-/m0/s1. The molecule has 3 rings (SSSR count). The number of carbonyl (C=O) groups is 1. The Morgan fingerprint density at radius 2 is 2.23 bits per heavy atom. The first-order valence-electron chi connectivity index (χ1n) is 7.48. The normalized spacial score (nSPS) is 22.1. The molecule has 116 valence electrons. The van der Waals surface area contributed by atoms with Crippen LogP contribution in [-0.2, 0) is 4.79 Å². The maximum atomic E-state index is 12.0. The van der Waals surface area contributed by atoms with Crippen LogP contribution in [0.4, 0.5) is 0 Å². The van der Waals surface area contributed by atoms with Gasteiger partial charge in [-0.1, -0.05) is 18.2 Å². The average Bonchev–Trinajstić information content (AvgIpc) is 2.50. The Morgan fingerprint density at radius 3 is 2.95 bits per heavy atom. The third kappa shape index (κ3) is 3.25. The molecule has 1 aromatic carbocycles. The second-order valence-corrected chi connectivity index (χ2v) is 6.69. The van der Waals surface area contributed by atoms with E-state index in [4.69, 9.17) is 0 Å². The van der Waals surface area contributed by atoms with Crippen LogP contribution < -0.4 is 5.32 Å². The number of hydrogen-bond donors (Lipinski definition) is 2. The van der Waals surface area contributed by atoms with Gasteiger partial charge in [-0.2, -0.15) is 11.8 Å². The van der Waals surface area contributed by atoms with Gasteiger partial charge in [-0.05, 0) is 42.7 Å². The van der Waals surface area contributed by atoms with E-state index in [1.165, 1.54) is 11.8 Å². The number of aliphatic hydroxyl groups excluding tert-OH is 1. The number of fused-ring (bicyclic) bond motifs is 1. The van der Waals surface area contributed by atoms with Crippen molar-refractivity contribution in [2.45, 2.75) is 25.0 Å². The van der Waals surface area contributed by atoms with E-state index in [9.17, 15) is 9.90 Å². The summed E-state index contributed by atoms with van der Waals surface area (Å²) in [6.07, 6.45) is 4.99. The Balaban J connectivity index is 1.87. The highest BCUT2D eigenvalue weighted by molar-refractivity contribution is 7.99. The van der Waals surface area contributed by atoms with Gasteiger partial charge < -0.3 is 10.4 Å². The van der Waals surface area contributed by atoms with Gasteiger partial charge in [0.05, 0.1) is 23.4 Å². The van der Waals surface area contributed by atoms with Crippen molar-refractivity contribution in [2.75, 3.05) is 12.0 Å². The molecule has 0 radical (unpaired) electrons. The molecule has 1 aromatic heterocycles. The summed E-state index contributed by atoms with van der Waals surface area (Å²) in [5, 5.41) is 13.8. The highest BCUT2D eigenvalue weighted by Crippen LogP contribution is 2.38. The molecule has 0 bridgehead atoms. The van der Waals surface area contributed by atoms with Crippen LogP contribution in [0.25, 0.3) is 10.9 Å². The first kappa shape index (κ1) is 15.3. The molecule has 0 unspecified atom stereocenters. The van der Waals surface area contributed by atoms with Crippen LogP contribution in [-0.4, -0.2) is 34.1 Å². The molecule has 1 atom stereocenters. The number of pyridine rings is 1. The summed E-state index contributed by atoms with van der Waals surface area (Å²) in [7, 11) is 0. The Labute approximate surface area is 134 Å². The van der Waals surface area contributed by atoms with Crippen molar-refractivity contribution in [3.63, 3.8) is 0 Å². The highest BCUT2D eigenvalue weighted by Gasteiger charge is 2.35. The average molecular weight is 316 g/mol. The molecule has 2 aromatic rings. The van der Waals surface area contributed by atoms with E-state index in [2.05, 4.69) is 16.4 Å². The molecule has 4 nitrogen and oxygen atoms in total. The number of benzene rings is 1. The van der Waals surface area contributed by atoms with E-state index in [1.54, 1.807) is 0 Å². The van der Waals surface area contributed by atoms with Gasteiger partial charge in [0.15, 0.2) is 0 Å². The van der Waals surface area contributed by atoms with Crippen LogP contribution in [0.15, 0.2) is 36.5 Å². The van der Waals surface area contributed by atoms with Crippen molar-refractivity contribution in [3.8, 4) is 0 Å². The van der Waals surface area contributed by atoms with Crippen LogP contribution in [0.5, 0.6) is 0 Å². The Bertz CT molecular complexity index is 671. The minimum absolute atomic E-state index is 0.0343. The molecule has 0 spiro atoms. The van der Waals surface area contributed by atoms with Crippen molar-refractivity contribution >= 4 is 28.6 Å². The van der Waals surface area contributed by atoms with Crippen molar-refractivity contribution < 1.29 is 9.90 Å². The Morgan fingerprint density at radius 1 is 1.45 bits per heavy atom. The van der Waals surface area contributed by atoms with E-state index < -0.39 is 0 Å². The number of carbonyl (C=O) groups excluding carboxylic acids is 1. The lowest BCUT2D eigenvalue weighted by Gasteiger charge is -2.38. The number of nitrogens with one attached hydrogen (secondary N) is 1. The van der Waals surface area contributed by atoms with Crippen molar-refractivity contribution in [1.82, 2.24) is 10.3 Å². The number of aliphatic hydroxyl groups is 1. The lowest BCUT2D eigenvalue weighted by Crippen LogP contribution is -2.42. The molecule has 1 aliphatic rings. The van der Waals surface area contributed by atoms with Gasteiger partial charge in [-0.25, -0.2) is 0 Å². The van der Waals surface area contributed by atoms with Crippen LogP contribution in [0.2, 0.25) is 0 Å². The minimum Gasteiger partial charge on any atom is -0.393 e. The molecule has 0 aliphatic heterocycles. The molecule has 22 heavy (non-hydrogen) atoms. The van der Waals surface area contributed by atoms with E-state index in [-0.39, 0.29) is 24.0 Å². The predicted molar refractivity (Wildman–Crippen MR) is 89.7 cm³/mol. The van der Waals surface area contributed by atoms with Gasteiger partial charge in [0.1, 0.15) is 0 Å². The molecule has 1 saturated carbocycles. The molecule has 0 saturated heterocycles. The summed E-state index contributed by atoms with van der Waals surface area (Å²) in [4.78, 5) is 16.5. The number of para-hydroxylation sites is 1. The van der Waals surface area contributed by atoms with Crippen molar-refractivity contribution in [2.24, 2.45) is 5.92 Å². The second-order valence-electron chi connectivity index (χ2n) is 5.82. The number of hydrogen-bond acceptors (Lipinski definition) is 4. The first-order chi connectivity index (χ1) is 10.7. The SMILES string of the molecule is CSCC(=O)N[C@H](c1cnc2ccccc2c1)C1CC(O)C1. The lowest BCUT2D eigenvalue weighted by molar-refractivity contribution is -0.120. The number of nitrogens with zero attached hydrogens (tertiary/aromatic N) is 1. The Kier molecular flexibility index (Phi) is 4.64. The number of rotatable bonds is 5. The molecule has 1 fully saturated rings. The van der Waals surface area contributed by atoms with Gasteiger partial charge in [0, 0.05) is 11.6 Å². The van der Waals surface area contributed by atoms with Gasteiger partial charge >= 0.3 is 0 Å². The monoisotopic (exact) mass is 316 g/mol. The van der Waals surface area contributed by atoms with Crippen LogP contribution in [0.1, 0.15) is 24.4 Å². The first-order valence-corrected chi connectivity index (χ1v) is 8.88. The molecule has 1 heterocycles. The predicted octanol–water partition coefficient (Wildman–Crippen LogP) is 2.53. The third-order valence-electron chi connectivity index (χ3n) is 4.18. The quantitative estimate of drug-likeness (QED) is 0.890. The van der Waals surface area contributed by atoms with Gasteiger partial charge in [-0.3, -0.25) is 9.78 Å². The number of aromatic nitrogens is 1. The smallest absolute Gasteiger partial charge is 0.230 e.